The second-order valence-corrected chi connectivity index (χ2v) is 5.65. The third-order valence-electron chi connectivity index (χ3n) is 3.15. The first-order valence-electron chi connectivity index (χ1n) is 6.65. The molecule has 0 unspecified atom stereocenters. The summed E-state index contributed by atoms with van der Waals surface area (Å²) >= 11 is 3.11. The number of fused-ring (bicyclic) bond motifs is 1. The van der Waals surface area contributed by atoms with Gasteiger partial charge in [-0.2, -0.15) is 0 Å². The Bertz CT molecular complexity index is 955. The largest absolute Gasteiger partial charge is 0.454 e. The highest BCUT2D eigenvalue weighted by Gasteiger charge is 2.14. The minimum absolute atomic E-state index is 0.184. The first-order chi connectivity index (χ1) is 11.0. The van der Waals surface area contributed by atoms with Gasteiger partial charge < -0.3 is 9.72 Å². The predicted octanol–water partition coefficient (Wildman–Crippen LogP) is 3.18. The van der Waals surface area contributed by atoms with E-state index in [0.717, 1.165) is 0 Å². The molecule has 0 aliphatic carbocycles. The van der Waals surface area contributed by atoms with Gasteiger partial charge in [0.15, 0.2) is 0 Å². The third-order valence-corrected chi connectivity index (χ3v) is 3.65. The predicted molar refractivity (Wildman–Crippen MR) is 85.6 cm³/mol. The molecule has 3 rings (SSSR count). The summed E-state index contributed by atoms with van der Waals surface area (Å²) in [5.41, 5.74) is -0.00933. The summed E-state index contributed by atoms with van der Waals surface area (Å²) in [5, 5.41) is 0.446. The molecule has 0 atom stereocenters. The van der Waals surface area contributed by atoms with Crippen LogP contribution in [0.25, 0.3) is 10.9 Å². The summed E-state index contributed by atoms with van der Waals surface area (Å²) in [4.78, 5) is 30.5. The lowest BCUT2D eigenvalue weighted by Crippen LogP contribution is -2.15. The van der Waals surface area contributed by atoms with E-state index < -0.39 is 11.8 Å². The number of carbonyl (C=O) groups is 1. The lowest BCUT2D eigenvalue weighted by Gasteiger charge is -2.06. The first-order valence-corrected chi connectivity index (χ1v) is 7.44. The number of hydrogen-bond donors (Lipinski definition) is 1. The molecule has 1 N–H and O–H groups in total. The SMILES string of the molecule is O=C(OCc1nc2ccccc2c(=O)[nH]1)c1ccc(Br)cc1F. The molecule has 3 aromatic rings. The second kappa shape index (κ2) is 6.29. The van der Waals surface area contributed by atoms with Gasteiger partial charge in [-0.25, -0.2) is 14.2 Å². The van der Waals surface area contributed by atoms with Gasteiger partial charge in [0.1, 0.15) is 18.2 Å². The Hall–Kier alpha value is -2.54. The average molecular weight is 377 g/mol. The fourth-order valence-electron chi connectivity index (χ4n) is 2.07. The number of carbonyl (C=O) groups excluding carboxylic acids is 1. The van der Waals surface area contributed by atoms with Crippen LogP contribution >= 0.6 is 15.9 Å². The molecule has 0 saturated carbocycles. The molecule has 0 amide bonds. The van der Waals surface area contributed by atoms with Crippen molar-refractivity contribution in [3.05, 3.63) is 74.5 Å². The zero-order valence-corrected chi connectivity index (χ0v) is 13.3. The molecule has 5 nitrogen and oxygen atoms in total. The number of benzene rings is 2. The van der Waals surface area contributed by atoms with Crippen LogP contribution in [0.4, 0.5) is 4.39 Å². The van der Waals surface area contributed by atoms with Gasteiger partial charge in [0.25, 0.3) is 5.56 Å². The summed E-state index contributed by atoms with van der Waals surface area (Å²) in [5.74, 6) is -1.32. The zero-order chi connectivity index (χ0) is 16.4. The van der Waals surface area contributed by atoms with Crippen LogP contribution in [0.5, 0.6) is 0 Å². The van der Waals surface area contributed by atoms with E-state index in [0.29, 0.717) is 15.4 Å². The average Bonchev–Trinajstić information content (AvgIpc) is 2.53. The number of ether oxygens (including phenoxy) is 1. The van der Waals surface area contributed by atoms with Gasteiger partial charge in [0.05, 0.1) is 16.5 Å². The van der Waals surface area contributed by atoms with Gasteiger partial charge in [0, 0.05) is 4.47 Å². The lowest BCUT2D eigenvalue weighted by atomic mass is 10.2. The quantitative estimate of drug-likeness (QED) is 0.712. The van der Waals surface area contributed by atoms with Crippen molar-refractivity contribution in [1.29, 1.82) is 0 Å². The third kappa shape index (κ3) is 3.29. The number of rotatable bonds is 3. The highest BCUT2D eigenvalue weighted by atomic mass is 79.9. The molecule has 0 bridgehead atoms. The summed E-state index contributed by atoms with van der Waals surface area (Å²) in [7, 11) is 0. The number of aromatic nitrogens is 2. The molecule has 23 heavy (non-hydrogen) atoms. The van der Waals surface area contributed by atoms with Crippen LogP contribution in [-0.4, -0.2) is 15.9 Å². The van der Waals surface area contributed by atoms with Crippen molar-refractivity contribution in [3.8, 4) is 0 Å². The Balaban J connectivity index is 1.80. The molecule has 7 heteroatoms. The normalized spacial score (nSPS) is 10.7. The molecule has 116 valence electrons. The molecule has 1 aromatic heterocycles. The van der Waals surface area contributed by atoms with E-state index in [1.807, 2.05) is 0 Å². The van der Waals surface area contributed by atoms with Gasteiger partial charge >= 0.3 is 5.97 Å². The van der Waals surface area contributed by atoms with E-state index >= 15 is 0 Å². The Kier molecular flexibility index (Phi) is 4.20. The van der Waals surface area contributed by atoms with Crippen molar-refractivity contribution < 1.29 is 13.9 Å². The van der Waals surface area contributed by atoms with Crippen molar-refractivity contribution in [3.63, 3.8) is 0 Å². The summed E-state index contributed by atoms with van der Waals surface area (Å²) < 4.78 is 19.2. The van der Waals surface area contributed by atoms with Crippen LogP contribution in [0.3, 0.4) is 0 Å². The topological polar surface area (TPSA) is 72.0 Å². The van der Waals surface area contributed by atoms with Gasteiger partial charge in [-0.15, -0.1) is 0 Å². The Morgan fingerprint density at radius 1 is 1.26 bits per heavy atom. The smallest absolute Gasteiger partial charge is 0.341 e. The van der Waals surface area contributed by atoms with E-state index in [4.69, 9.17) is 4.74 Å². The maximum Gasteiger partial charge on any atom is 0.341 e. The number of nitrogens with zero attached hydrogens (tertiary/aromatic N) is 1. The number of hydrogen-bond acceptors (Lipinski definition) is 4. The number of H-pyrrole nitrogens is 1. The van der Waals surface area contributed by atoms with Gasteiger partial charge in [-0.1, -0.05) is 28.1 Å². The Morgan fingerprint density at radius 3 is 2.83 bits per heavy atom. The number of nitrogens with one attached hydrogen (secondary N) is 1. The minimum Gasteiger partial charge on any atom is -0.454 e. The van der Waals surface area contributed by atoms with Crippen LogP contribution in [-0.2, 0) is 11.3 Å². The monoisotopic (exact) mass is 376 g/mol. The molecular weight excluding hydrogens is 367 g/mol. The Labute approximate surface area is 138 Å². The molecule has 0 saturated heterocycles. The fourth-order valence-corrected chi connectivity index (χ4v) is 2.40. The lowest BCUT2D eigenvalue weighted by molar-refractivity contribution is 0.0457. The molecular formula is C16H10BrFN2O3. The van der Waals surface area contributed by atoms with Crippen molar-refractivity contribution in [2.24, 2.45) is 0 Å². The summed E-state index contributed by atoms with van der Waals surface area (Å²) in [6.07, 6.45) is 0. The van der Waals surface area contributed by atoms with Gasteiger partial charge in [-0.3, -0.25) is 4.79 Å². The maximum atomic E-state index is 13.7. The molecule has 0 fully saturated rings. The number of esters is 1. The second-order valence-electron chi connectivity index (χ2n) is 4.73. The van der Waals surface area contributed by atoms with Crippen LogP contribution in [0.15, 0.2) is 51.7 Å². The molecule has 0 radical (unpaired) electrons. The van der Waals surface area contributed by atoms with Gasteiger partial charge in [-0.05, 0) is 30.3 Å². The molecule has 1 heterocycles. The van der Waals surface area contributed by atoms with E-state index in [2.05, 4.69) is 25.9 Å². The molecule has 0 spiro atoms. The van der Waals surface area contributed by atoms with Crippen LogP contribution in [0.1, 0.15) is 16.2 Å². The fraction of sp³-hybridized carbons (Fsp3) is 0.0625. The van der Waals surface area contributed by atoms with E-state index in [1.165, 1.54) is 18.2 Å². The van der Waals surface area contributed by atoms with Crippen molar-refractivity contribution in [2.75, 3.05) is 0 Å². The van der Waals surface area contributed by atoms with E-state index in [-0.39, 0.29) is 23.6 Å². The zero-order valence-electron chi connectivity index (χ0n) is 11.7. The van der Waals surface area contributed by atoms with Crippen LogP contribution in [0, 0.1) is 5.82 Å². The van der Waals surface area contributed by atoms with Crippen LogP contribution in [0.2, 0.25) is 0 Å². The summed E-state index contributed by atoms with van der Waals surface area (Å²) in [6.45, 7) is -0.256. The van der Waals surface area contributed by atoms with E-state index in [9.17, 15) is 14.0 Å². The van der Waals surface area contributed by atoms with Gasteiger partial charge in [0.2, 0.25) is 0 Å². The maximum absolute atomic E-state index is 13.7. The number of aromatic amines is 1. The number of para-hydroxylation sites is 1. The number of halogens is 2. The standard InChI is InChI=1S/C16H10BrFN2O3/c17-9-5-6-10(12(18)7-9)16(22)23-8-14-19-13-4-2-1-3-11(13)15(21)20-14/h1-7H,8H2,(H,19,20,21). The molecule has 2 aromatic carbocycles. The van der Waals surface area contributed by atoms with Crippen molar-refractivity contribution in [2.45, 2.75) is 6.61 Å². The summed E-state index contributed by atoms with van der Waals surface area (Å²) in [6, 6.07) is 10.8. The first kappa shape index (κ1) is 15.4. The minimum atomic E-state index is -0.828. The highest BCUT2D eigenvalue weighted by molar-refractivity contribution is 9.10. The Morgan fingerprint density at radius 2 is 2.04 bits per heavy atom. The van der Waals surface area contributed by atoms with Crippen LogP contribution < -0.4 is 5.56 Å². The highest BCUT2D eigenvalue weighted by Crippen LogP contribution is 2.16. The van der Waals surface area contributed by atoms with Crippen molar-refractivity contribution in [1.82, 2.24) is 9.97 Å². The molecule has 0 aliphatic rings. The molecule has 0 aliphatic heterocycles. The van der Waals surface area contributed by atoms with E-state index in [1.54, 1.807) is 24.3 Å². The van der Waals surface area contributed by atoms with Crippen molar-refractivity contribution >= 4 is 32.8 Å².